The number of hydrogen-bond donors (Lipinski definition) is 0. The third-order valence-corrected chi connectivity index (χ3v) is 3.17. The highest BCUT2D eigenvalue weighted by Gasteiger charge is 2.12. The lowest BCUT2D eigenvalue weighted by atomic mass is 10.2. The van der Waals surface area contributed by atoms with Gasteiger partial charge in [-0.15, -0.1) is 0 Å². The van der Waals surface area contributed by atoms with E-state index in [-0.39, 0.29) is 11.9 Å². The van der Waals surface area contributed by atoms with Crippen LogP contribution < -0.4 is 4.74 Å². The average Bonchev–Trinajstić information content (AvgIpc) is 2.51. The molecule has 0 aliphatic heterocycles. The van der Waals surface area contributed by atoms with Crippen molar-refractivity contribution in [3.05, 3.63) is 35.9 Å². The van der Waals surface area contributed by atoms with Crippen molar-refractivity contribution in [3.63, 3.8) is 0 Å². The van der Waals surface area contributed by atoms with E-state index in [0.29, 0.717) is 13.0 Å². The first kappa shape index (κ1) is 16.8. The summed E-state index contributed by atoms with van der Waals surface area (Å²) in [5, 5.41) is 8.64. The number of nitriles is 1. The summed E-state index contributed by atoms with van der Waals surface area (Å²) in [5.74, 6) is 0.726. The SMILES string of the molecule is CCCOc1ccc(C=CC(=O)N(C)C(C)CC#N)cc1. The normalized spacial score (nSPS) is 11.9. The number of carbonyl (C=O) groups is 1. The van der Waals surface area contributed by atoms with Crippen LogP contribution in [0.25, 0.3) is 6.08 Å². The first-order chi connectivity index (χ1) is 10.1. The molecule has 1 aromatic carbocycles. The highest BCUT2D eigenvalue weighted by molar-refractivity contribution is 5.91. The number of amides is 1. The monoisotopic (exact) mass is 286 g/mol. The van der Waals surface area contributed by atoms with Crippen LogP contribution in [0.1, 0.15) is 32.3 Å². The van der Waals surface area contributed by atoms with E-state index in [1.165, 1.54) is 6.08 Å². The molecule has 4 heteroatoms. The lowest BCUT2D eigenvalue weighted by Gasteiger charge is -2.21. The van der Waals surface area contributed by atoms with E-state index in [9.17, 15) is 4.79 Å². The van der Waals surface area contributed by atoms with Crippen LogP contribution in [0.3, 0.4) is 0 Å². The second kappa shape index (κ2) is 8.80. The van der Waals surface area contributed by atoms with Crippen molar-refractivity contribution in [2.24, 2.45) is 0 Å². The van der Waals surface area contributed by atoms with Gasteiger partial charge in [0.2, 0.25) is 5.91 Å². The standard InChI is InChI=1S/C17H22N2O2/c1-4-13-21-16-8-5-15(6-9-16)7-10-17(20)19(3)14(2)11-12-18/h5-10,14H,4,11,13H2,1-3H3. The Morgan fingerprint density at radius 2 is 2.10 bits per heavy atom. The van der Waals surface area contributed by atoms with Gasteiger partial charge in [-0.3, -0.25) is 4.79 Å². The summed E-state index contributed by atoms with van der Waals surface area (Å²) >= 11 is 0. The second-order valence-electron chi connectivity index (χ2n) is 4.91. The van der Waals surface area contributed by atoms with Gasteiger partial charge in [0.15, 0.2) is 0 Å². The molecule has 0 spiro atoms. The molecule has 0 aromatic heterocycles. The molecule has 1 amide bonds. The fourth-order valence-corrected chi connectivity index (χ4v) is 1.67. The molecule has 0 fully saturated rings. The van der Waals surface area contributed by atoms with Crippen LogP contribution in [0.4, 0.5) is 0 Å². The number of ether oxygens (including phenoxy) is 1. The number of nitrogens with zero attached hydrogens (tertiary/aromatic N) is 2. The van der Waals surface area contributed by atoms with E-state index in [2.05, 4.69) is 13.0 Å². The van der Waals surface area contributed by atoms with Crippen LogP contribution in [0, 0.1) is 11.3 Å². The summed E-state index contributed by atoms with van der Waals surface area (Å²) in [6.45, 7) is 4.62. The topological polar surface area (TPSA) is 53.3 Å². The summed E-state index contributed by atoms with van der Waals surface area (Å²) in [7, 11) is 1.70. The zero-order valence-electron chi connectivity index (χ0n) is 12.9. The van der Waals surface area contributed by atoms with Crippen molar-refractivity contribution in [3.8, 4) is 11.8 Å². The van der Waals surface area contributed by atoms with Crippen LogP contribution in [-0.2, 0) is 4.79 Å². The Bertz CT molecular complexity index is 515. The largest absolute Gasteiger partial charge is 0.494 e. The molecule has 21 heavy (non-hydrogen) atoms. The van der Waals surface area contributed by atoms with Crippen LogP contribution in [0.2, 0.25) is 0 Å². The van der Waals surface area contributed by atoms with Crippen molar-refractivity contribution in [1.29, 1.82) is 5.26 Å². The smallest absolute Gasteiger partial charge is 0.246 e. The first-order valence-corrected chi connectivity index (χ1v) is 7.13. The van der Waals surface area contributed by atoms with Crippen LogP contribution in [-0.4, -0.2) is 30.5 Å². The molecule has 0 bridgehead atoms. The van der Waals surface area contributed by atoms with Crippen LogP contribution in [0.15, 0.2) is 30.3 Å². The van der Waals surface area contributed by atoms with E-state index in [1.54, 1.807) is 18.0 Å². The van der Waals surface area contributed by atoms with E-state index in [1.807, 2.05) is 31.2 Å². The lowest BCUT2D eigenvalue weighted by Crippen LogP contribution is -2.33. The number of benzene rings is 1. The van der Waals surface area contributed by atoms with Crippen molar-refractivity contribution < 1.29 is 9.53 Å². The Morgan fingerprint density at radius 1 is 1.43 bits per heavy atom. The van der Waals surface area contributed by atoms with Gasteiger partial charge in [0, 0.05) is 19.2 Å². The third-order valence-electron chi connectivity index (χ3n) is 3.17. The molecule has 112 valence electrons. The molecule has 0 heterocycles. The van der Waals surface area contributed by atoms with E-state index >= 15 is 0 Å². The van der Waals surface area contributed by atoms with Gasteiger partial charge in [0.05, 0.1) is 19.1 Å². The quantitative estimate of drug-likeness (QED) is 0.723. The molecule has 0 saturated heterocycles. The first-order valence-electron chi connectivity index (χ1n) is 7.13. The third kappa shape index (κ3) is 5.70. The molecule has 1 atom stereocenters. The minimum Gasteiger partial charge on any atom is -0.494 e. The maximum Gasteiger partial charge on any atom is 0.246 e. The molecule has 0 radical (unpaired) electrons. The van der Waals surface area contributed by atoms with Crippen LogP contribution >= 0.6 is 0 Å². The minimum atomic E-state index is -0.107. The second-order valence-corrected chi connectivity index (χ2v) is 4.91. The molecule has 0 saturated carbocycles. The van der Waals surface area contributed by atoms with Gasteiger partial charge in [-0.1, -0.05) is 19.1 Å². The molecular formula is C17H22N2O2. The molecule has 1 aromatic rings. The maximum atomic E-state index is 11.9. The number of rotatable bonds is 7. The van der Waals surface area contributed by atoms with Gasteiger partial charge in [0.1, 0.15) is 5.75 Å². The van der Waals surface area contributed by atoms with Crippen molar-refractivity contribution in [1.82, 2.24) is 4.90 Å². The summed E-state index contributed by atoms with van der Waals surface area (Å²) in [4.78, 5) is 13.5. The molecule has 1 unspecified atom stereocenters. The van der Waals surface area contributed by atoms with Crippen molar-refractivity contribution in [2.75, 3.05) is 13.7 Å². The zero-order valence-corrected chi connectivity index (χ0v) is 12.9. The van der Waals surface area contributed by atoms with Crippen molar-refractivity contribution in [2.45, 2.75) is 32.7 Å². The van der Waals surface area contributed by atoms with E-state index < -0.39 is 0 Å². The molecule has 0 aliphatic rings. The summed E-state index contributed by atoms with van der Waals surface area (Å²) in [6.07, 6.45) is 4.60. The number of likely N-dealkylation sites (N-methyl/N-ethyl adjacent to an activating group) is 1. The van der Waals surface area contributed by atoms with Gasteiger partial charge in [-0.2, -0.15) is 5.26 Å². The van der Waals surface area contributed by atoms with Gasteiger partial charge in [-0.25, -0.2) is 0 Å². The predicted octanol–water partition coefficient (Wildman–Crippen LogP) is 3.25. The summed E-state index contributed by atoms with van der Waals surface area (Å²) < 4.78 is 5.50. The number of carbonyl (C=O) groups excluding carboxylic acids is 1. The molecule has 1 rings (SSSR count). The molecule has 4 nitrogen and oxygen atoms in total. The zero-order chi connectivity index (χ0) is 15.7. The molecule has 0 N–H and O–H groups in total. The van der Waals surface area contributed by atoms with Gasteiger partial charge >= 0.3 is 0 Å². The average molecular weight is 286 g/mol. The lowest BCUT2D eigenvalue weighted by molar-refractivity contribution is -0.126. The highest BCUT2D eigenvalue weighted by Crippen LogP contribution is 2.13. The van der Waals surface area contributed by atoms with Crippen LogP contribution in [0.5, 0.6) is 5.75 Å². The van der Waals surface area contributed by atoms with Gasteiger partial charge in [-0.05, 0) is 37.1 Å². The van der Waals surface area contributed by atoms with E-state index in [4.69, 9.17) is 10.00 Å². The number of hydrogen-bond acceptors (Lipinski definition) is 3. The highest BCUT2D eigenvalue weighted by atomic mass is 16.5. The Kier molecular flexibility index (Phi) is 7.03. The fourth-order valence-electron chi connectivity index (χ4n) is 1.67. The van der Waals surface area contributed by atoms with Crippen molar-refractivity contribution >= 4 is 12.0 Å². The van der Waals surface area contributed by atoms with E-state index in [0.717, 1.165) is 17.7 Å². The van der Waals surface area contributed by atoms with Gasteiger partial charge in [0.25, 0.3) is 0 Å². The summed E-state index contributed by atoms with van der Waals surface area (Å²) in [5.41, 5.74) is 0.938. The Hall–Kier alpha value is -2.28. The van der Waals surface area contributed by atoms with Gasteiger partial charge < -0.3 is 9.64 Å². The Balaban J connectivity index is 2.59. The predicted molar refractivity (Wildman–Crippen MR) is 83.7 cm³/mol. The molecular weight excluding hydrogens is 264 g/mol. The fraction of sp³-hybridized carbons (Fsp3) is 0.412. The maximum absolute atomic E-state index is 11.9. The minimum absolute atomic E-state index is 0.0861. The molecule has 0 aliphatic carbocycles. The summed E-state index contributed by atoms with van der Waals surface area (Å²) in [6, 6.07) is 9.58. The Morgan fingerprint density at radius 3 is 2.67 bits per heavy atom. The Labute approximate surface area is 126 Å².